The summed E-state index contributed by atoms with van der Waals surface area (Å²) in [5.41, 5.74) is 3.89. The van der Waals surface area contributed by atoms with Crippen LogP contribution in [-0.4, -0.2) is 6.54 Å². The average molecular weight is 252 g/mol. The van der Waals surface area contributed by atoms with Crippen molar-refractivity contribution in [2.24, 2.45) is 11.8 Å². The van der Waals surface area contributed by atoms with Gasteiger partial charge >= 0.3 is 0 Å². The average Bonchev–Trinajstić information content (AvgIpc) is 2.98. The molecule has 0 aliphatic heterocycles. The minimum Gasteiger partial charge on any atom is -0.310 e. The van der Waals surface area contributed by atoms with Crippen LogP contribution in [0.1, 0.15) is 43.0 Å². The van der Waals surface area contributed by atoms with Gasteiger partial charge in [-0.2, -0.15) is 0 Å². The Bertz CT molecular complexity index is 414. The molecule has 2 heteroatoms. The molecule has 1 nitrogen and oxygen atoms in total. The van der Waals surface area contributed by atoms with Crippen molar-refractivity contribution in [1.82, 2.24) is 5.32 Å². The van der Waals surface area contributed by atoms with Gasteiger partial charge in [-0.15, -0.1) is 0 Å². The fraction of sp³-hybridized carbons (Fsp3) is 0.600. The van der Waals surface area contributed by atoms with Gasteiger partial charge in [-0.05, 0) is 61.4 Å². The summed E-state index contributed by atoms with van der Waals surface area (Å²) in [5.74, 6) is 1.59. The predicted octanol–water partition coefficient (Wildman–Crippen LogP) is 4.26. The van der Waals surface area contributed by atoms with Crippen molar-refractivity contribution < 1.29 is 0 Å². The Kier molecular flexibility index (Phi) is 3.79. The fourth-order valence-corrected chi connectivity index (χ4v) is 2.90. The van der Waals surface area contributed by atoms with Crippen LogP contribution in [-0.2, 0) is 0 Å². The van der Waals surface area contributed by atoms with Crippen LogP contribution in [0, 0.1) is 25.7 Å². The number of hydrogen-bond donors (Lipinski definition) is 1. The molecule has 3 atom stereocenters. The van der Waals surface area contributed by atoms with E-state index in [1.165, 1.54) is 23.1 Å². The van der Waals surface area contributed by atoms with Crippen LogP contribution in [0.3, 0.4) is 0 Å². The number of benzene rings is 1. The molecule has 17 heavy (non-hydrogen) atoms. The number of halogens is 1. The lowest BCUT2D eigenvalue weighted by atomic mass is 9.97. The van der Waals surface area contributed by atoms with Gasteiger partial charge in [-0.25, -0.2) is 0 Å². The summed E-state index contributed by atoms with van der Waals surface area (Å²) in [5, 5.41) is 4.51. The van der Waals surface area contributed by atoms with Crippen molar-refractivity contribution in [2.45, 2.75) is 40.2 Å². The molecule has 0 amide bonds. The Morgan fingerprint density at radius 1 is 1.35 bits per heavy atom. The van der Waals surface area contributed by atoms with Crippen molar-refractivity contribution in [3.63, 3.8) is 0 Å². The molecule has 1 N–H and O–H groups in total. The third-order valence-electron chi connectivity index (χ3n) is 3.97. The smallest absolute Gasteiger partial charge is 0.0456 e. The molecule has 0 aromatic heterocycles. The normalized spacial score (nSPS) is 24.8. The summed E-state index contributed by atoms with van der Waals surface area (Å²) in [6.45, 7) is 9.76. The highest BCUT2D eigenvalue weighted by atomic mass is 35.5. The minimum absolute atomic E-state index is 0.432. The molecule has 94 valence electrons. The summed E-state index contributed by atoms with van der Waals surface area (Å²) in [6, 6.07) is 4.79. The highest BCUT2D eigenvalue weighted by Crippen LogP contribution is 2.48. The molecule has 0 saturated heterocycles. The quantitative estimate of drug-likeness (QED) is 0.843. The third-order valence-corrected chi connectivity index (χ3v) is 4.30. The summed E-state index contributed by atoms with van der Waals surface area (Å²) in [7, 11) is 0. The van der Waals surface area contributed by atoms with Gasteiger partial charge in [0.25, 0.3) is 0 Å². The molecule has 0 bridgehead atoms. The lowest BCUT2D eigenvalue weighted by Crippen LogP contribution is -2.23. The first kappa shape index (κ1) is 12.9. The zero-order valence-corrected chi connectivity index (χ0v) is 11.9. The second kappa shape index (κ2) is 4.99. The second-order valence-corrected chi connectivity index (χ2v) is 5.78. The molecular weight excluding hydrogens is 230 g/mol. The van der Waals surface area contributed by atoms with Gasteiger partial charge in [-0.1, -0.05) is 31.5 Å². The van der Waals surface area contributed by atoms with Crippen molar-refractivity contribution in [2.75, 3.05) is 6.54 Å². The van der Waals surface area contributed by atoms with Crippen molar-refractivity contribution >= 4 is 11.6 Å². The lowest BCUT2D eigenvalue weighted by Gasteiger charge is -2.21. The maximum absolute atomic E-state index is 6.41. The molecule has 1 saturated carbocycles. The Morgan fingerprint density at radius 2 is 1.94 bits per heavy atom. The maximum atomic E-state index is 6.41. The SMILES string of the molecule is CCNC(c1cc(C)c(C)cc1Cl)C1CC1C. The van der Waals surface area contributed by atoms with Crippen LogP contribution in [0.15, 0.2) is 12.1 Å². The van der Waals surface area contributed by atoms with E-state index in [0.29, 0.717) is 6.04 Å². The van der Waals surface area contributed by atoms with E-state index in [0.717, 1.165) is 23.4 Å². The standard InChI is InChI=1S/C15H22ClN/c1-5-17-15(12-7-11(12)4)13-6-9(2)10(3)8-14(13)16/h6,8,11-12,15,17H,5,7H2,1-4H3. The van der Waals surface area contributed by atoms with Gasteiger partial charge < -0.3 is 5.32 Å². The number of hydrogen-bond acceptors (Lipinski definition) is 1. The molecule has 1 fully saturated rings. The number of rotatable bonds is 4. The Morgan fingerprint density at radius 3 is 2.47 bits per heavy atom. The zero-order chi connectivity index (χ0) is 12.6. The van der Waals surface area contributed by atoms with E-state index < -0.39 is 0 Å². The van der Waals surface area contributed by atoms with E-state index in [1.54, 1.807) is 0 Å². The molecule has 1 aromatic carbocycles. The van der Waals surface area contributed by atoms with Gasteiger partial charge in [0.2, 0.25) is 0 Å². The molecule has 2 rings (SSSR count). The Balaban J connectivity index is 2.32. The van der Waals surface area contributed by atoms with Crippen LogP contribution in [0.4, 0.5) is 0 Å². The van der Waals surface area contributed by atoms with E-state index in [4.69, 9.17) is 11.6 Å². The van der Waals surface area contributed by atoms with E-state index >= 15 is 0 Å². The second-order valence-electron chi connectivity index (χ2n) is 5.37. The number of nitrogens with one attached hydrogen (secondary N) is 1. The summed E-state index contributed by atoms with van der Waals surface area (Å²) in [4.78, 5) is 0. The van der Waals surface area contributed by atoms with Gasteiger partial charge in [0.05, 0.1) is 0 Å². The predicted molar refractivity (Wildman–Crippen MR) is 74.6 cm³/mol. The van der Waals surface area contributed by atoms with E-state index in [1.807, 2.05) is 0 Å². The van der Waals surface area contributed by atoms with E-state index in [-0.39, 0.29) is 0 Å². The van der Waals surface area contributed by atoms with Crippen molar-refractivity contribution in [1.29, 1.82) is 0 Å². The number of aryl methyl sites for hydroxylation is 2. The fourth-order valence-electron chi connectivity index (χ4n) is 2.57. The maximum Gasteiger partial charge on any atom is 0.0456 e. The molecule has 0 radical (unpaired) electrons. The van der Waals surface area contributed by atoms with E-state index in [2.05, 4.69) is 45.1 Å². The van der Waals surface area contributed by atoms with Crippen molar-refractivity contribution in [3.05, 3.63) is 33.8 Å². The third kappa shape index (κ3) is 2.66. The van der Waals surface area contributed by atoms with Crippen LogP contribution in [0.25, 0.3) is 0 Å². The first-order chi connectivity index (χ1) is 8.04. The highest BCUT2D eigenvalue weighted by Gasteiger charge is 2.40. The van der Waals surface area contributed by atoms with Crippen LogP contribution < -0.4 is 5.32 Å². The minimum atomic E-state index is 0.432. The van der Waals surface area contributed by atoms with Crippen LogP contribution in [0.2, 0.25) is 5.02 Å². The van der Waals surface area contributed by atoms with Crippen molar-refractivity contribution in [3.8, 4) is 0 Å². The Hall–Kier alpha value is -0.530. The topological polar surface area (TPSA) is 12.0 Å². The monoisotopic (exact) mass is 251 g/mol. The summed E-state index contributed by atoms with van der Waals surface area (Å²) >= 11 is 6.41. The summed E-state index contributed by atoms with van der Waals surface area (Å²) in [6.07, 6.45) is 1.32. The molecule has 1 aromatic rings. The largest absolute Gasteiger partial charge is 0.310 e. The molecule has 1 aliphatic rings. The first-order valence-corrected chi connectivity index (χ1v) is 6.92. The zero-order valence-electron chi connectivity index (χ0n) is 11.2. The van der Waals surface area contributed by atoms with E-state index in [9.17, 15) is 0 Å². The van der Waals surface area contributed by atoms with Crippen LogP contribution in [0.5, 0.6) is 0 Å². The first-order valence-electron chi connectivity index (χ1n) is 6.54. The van der Waals surface area contributed by atoms with Gasteiger partial charge in [0.15, 0.2) is 0 Å². The van der Waals surface area contributed by atoms with Gasteiger partial charge in [0, 0.05) is 11.1 Å². The van der Waals surface area contributed by atoms with Gasteiger partial charge in [-0.3, -0.25) is 0 Å². The van der Waals surface area contributed by atoms with Crippen LogP contribution >= 0.6 is 11.6 Å². The van der Waals surface area contributed by atoms with Gasteiger partial charge in [0.1, 0.15) is 0 Å². The molecule has 1 aliphatic carbocycles. The molecule has 3 unspecified atom stereocenters. The highest BCUT2D eigenvalue weighted by molar-refractivity contribution is 6.31. The molecular formula is C15H22ClN. The summed E-state index contributed by atoms with van der Waals surface area (Å²) < 4.78 is 0. The molecule has 0 spiro atoms. The Labute approximate surface area is 110 Å². The lowest BCUT2D eigenvalue weighted by molar-refractivity contribution is 0.475. The molecule has 0 heterocycles.